The molecule has 1 atom stereocenters. The van der Waals surface area contributed by atoms with E-state index in [1.807, 2.05) is 0 Å². The summed E-state index contributed by atoms with van der Waals surface area (Å²) < 4.78 is 0. The third-order valence-electron chi connectivity index (χ3n) is 2.82. The van der Waals surface area contributed by atoms with Gasteiger partial charge in [0.1, 0.15) is 0 Å². The molecule has 0 aliphatic heterocycles. The van der Waals surface area contributed by atoms with E-state index in [1.54, 1.807) is 33.2 Å². The topological polar surface area (TPSA) is 86.7 Å². The Kier molecular flexibility index (Phi) is 6.10. The van der Waals surface area contributed by atoms with Gasteiger partial charge in [0, 0.05) is 31.6 Å². The number of nitrogens with zero attached hydrogens (tertiary/aromatic N) is 1. The minimum absolute atomic E-state index is 0.120. The lowest BCUT2D eigenvalue weighted by atomic mass is 10.1. The SMILES string of the molecule is CNC(=O)C(C)CN(C)C(=O)c1ccc(/C=C/C(=O)O)s1. The molecule has 0 fully saturated rings. The number of nitrogens with one attached hydrogen (secondary N) is 1. The molecule has 0 saturated heterocycles. The third-order valence-corrected chi connectivity index (χ3v) is 3.85. The highest BCUT2D eigenvalue weighted by atomic mass is 32.1. The summed E-state index contributed by atoms with van der Waals surface area (Å²) in [4.78, 5) is 36.8. The molecule has 114 valence electrons. The summed E-state index contributed by atoms with van der Waals surface area (Å²) in [6.45, 7) is 2.06. The summed E-state index contributed by atoms with van der Waals surface area (Å²) >= 11 is 1.21. The standard InChI is InChI=1S/C14H18N2O4S/c1-9(13(19)15-2)8-16(3)14(20)11-6-4-10(21-11)5-7-12(17)18/h4-7,9H,8H2,1-3H3,(H,15,19)(H,17,18)/b7-5+. The van der Waals surface area contributed by atoms with Crippen LogP contribution in [-0.2, 0) is 9.59 Å². The quantitative estimate of drug-likeness (QED) is 0.775. The monoisotopic (exact) mass is 310 g/mol. The molecule has 7 heteroatoms. The highest BCUT2D eigenvalue weighted by Gasteiger charge is 2.19. The summed E-state index contributed by atoms with van der Waals surface area (Å²) in [5.41, 5.74) is 0. The highest BCUT2D eigenvalue weighted by Crippen LogP contribution is 2.19. The van der Waals surface area contributed by atoms with E-state index in [2.05, 4.69) is 5.32 Å². The molecule has 1 heterocycles. The number of carbonyl (C=O) groups is 3. The molecule has 0 spiro atoms. The Bertz CT molecular complexity index is 565. The molecule has 0 aromatic carbocycles. The molecular formula is C14H18N2O4S. The molecule has 2 amide bonds. The van der Waals surface area contributed by atoms with E-state index in [0.29, 0.717) is 16.3 Å². The first-order valence-electron chi connectivity index (χ1n) is 6.33. The van der Waals surface area contributed by atoms with E-state index in [1.165, 1.54) is 22.3 Å². The fourth-order valence-corrected chi connectivity index (χ4v) is 2.63. The fraction of sp³-hybridized carbons (Fsp3) is 0.357. The average molecular weight is 310 g/mol. The van der Waals surface area contributed by atoms with Crippen molar-refractivity contribution in [2.24, 2.45) is 5.92 Å². The Morgan fingerprint density at radius 2 is 2.10 bits per heavy atom. The van der Waals surface area contributed by atoms with Crippen molar-refractivity contribution in [1.29, 1.82) is 0 Å². The van der Waals surface area contributed by atoms with Crippen LogP contribution in [0.15, 0.2) is 18.2 Å². The Hall–Kier alpha value is -2.15. The van der Waals surface area contributed by atoms with Crippen molar-refractivity contribution in [2.75, 3.05) is 20.6 Å². The minimum Gasteiger partial charge on any atom is -0.478 e. The van der Waals surface area contributed by atoms with Gasteiger partial charge in [-0.1, -0.05) is 6.92 Å². The molecule has 0 radical (unpaired) electrons. The van der Waals surface area contributed by atoms with Crippen LogP contribution in [0.2, 0.25) is 0 Å². The molecule has 0 bridgehead atoms. The van der Waals surface area contributed by atoms with Crippen LogP contribution in [0.25, 0.3) is 6.08 Å². The number of hydrogen-bond donors (Lipinski definition) is 2. The number of amides is 2. The van der Waals surface area contributed by atoms with Crippen molar-refractivity contribution in [2.45, 2.75) is 6.92 Å². The van der Waals surface area contributed by atoms with Gasteiger partial charge in [0.05, 0.1) is 10.8 Å². The summed E-state index contributed by atoms with van der Waals surface area (Å²) in [5.74, 6) is -1.64. The lowest BCUT2D eigenvalue weighted by Crippen LogP contribution is -2.37. The normalized spacial score (nSPS) is 12.1. The summed E-state index contributed by atoms with van der Waals surface area (Å²) in [7, 11) is 3.19. The van der Waals surface area contributed by atoms with E-state index in [-0.39, 0.29) is 17.7 Å². The first-order valence-corrected chi connectivity index (χ1v) is 7.14. The van der Waals surface area contributed by atoms with Crippen molar-refractivity contribution >= 4 is 35.2 Å². The molecule has 1 aromatic heterocycles. The van der Waals surface area contributed by atoms with Gasteiger partial charge in [0.15, 0.2) is 0 Å². The molecular weight excluding hydrogens is 292 g/mol. The van der Waals surface area contributed by atoms with Crippen molar-refractivity contribution in [3.8, 4) is 0 Å². The first kappa shape index (κ1) is 16.9. The van der Waals surface area contributed by atoms with E-state index in [0.717, 1.165) is 6.08 Å². The second kappa shape index (κ2) is 7.58. The Morgan fingerprint density at radius 1 is 1.43 bits per heavy atom. The van der Waals surface area contributed by atoms with Crippen LogP contribution in [0.5, 0.6) is 0 Å². The summed E-state index contributed by atoms with van der Waals surface area (Å²) in [6.07, 6.45) is 2.47. The Labute approximate surface area is 127 Å². The van der Waals surface area contributed by atoms with E-state index in [4.69, 9.17) is 5.11 Å². The number of aliphatic carboxylic acids is 1. The van der Waals surface area contributed by atoms with Gasteiger partial charge in [-0.05, 0) is 18.2 Å². The van der Waals surface area contributed by atoms with E-state index >= 15 is 0 Å². The zero-order chi connectivity index (χ0) is 16.0. The molecule has 21 heavy (non-hydrogen) atoms. The molecule has 6 nitrogen and oxygen atoms in total. The molecule has 1 unspecified atom stereocenters. The maximum atomic E-state index is 12.2. The minimum atomic E-state index is -1.03. The molecule has 1 rings (SSSR count). The predicted molar refractivity (Wildman–Crippen MR) is 81.2 cm³/mol. The Morgan fingerprint density at radius 3 is 2.67 bits per heavy atom. The van der Waals surface area contributed by atoms with Gasteiger partial charge in [0.2, 0.25) is 5.91 Å². The van der Waals surface area contributed by atoms with Crippen molar-refractivity contribution < 1.29 is 19.5 Å². The summed E-state index contributed by atoms with van der Waals surface area (Å²) in [6, 6.07) is 3.34. The zero-order valence-electron chi connectivity index (χ0n) is 12.1. The number of carbonyl (C=O) groups excluding carboxylic acids is 2. The van der Waals surface area contributed by atoms with E-state index in [9.17, 15) is 14.4 Å². The fourth-order valence-electron chi connectivity index (χ4n) is 1.72. The predicted octanol–water partition coefficient (Wildman–Crippen LogP) is 1.30. The molecule has 0 aliphatic carbocycles. The van der Waals surface area contributed by atoms with Gasteiger partial charge >= 0.3 is 5.97 Å². The first-order chi connectivity index (χ1) is 9.85. The van der Waals surface area contributed by atoms with Gasteiger partial charge in [-0.2, -0.15) is 0 Å². The zero-order valence-corrected chi connectivity index (χ0v) is 12.9. The molecule has 0 aliphatic rings. The largest absolute Gasteiger partial charge is 0.478 e. The van der Waals surface area contributed by atoms with Crippen LogP contribution >= 0.6 is 11.3 Å². The summed E-state index contributed by atoms with van der Waals surface area (Å²) in [5, 5.41) is 11.1. The van der Waals surface area contributed by atoms with Gasteiger partial charge < -0.3 is 15.3 Å². The van der Waals surface area contributed by atoms with Gasteiger partial charge in [-0.25, -0.2) is 4.79 Å². The van der Waals surface area contributed by atoms with Crippen LogP contribution in [-0.4, -0.2) is 48.4 Å². The second-order valence-corrected chi connectivity index (χ2v) is 5.69. The van der Waals surface area contributed by atoms with Crippen LogP contribution < -0.4 is 5.32 Å². The Balaban J connectivity index is 2.70. The van der Waals surface area contributed by atoms with Crippen molar-refractivity contribution in [3.05, 3.63) is 28.0 Å². The van der Waals surface area contributed by atoms with E-state index < -0.39 is 5.97 Å². The average Bonchev–Trinajstić information content (AvgIpc) is 2.91. The number of carboxylic acids is 1. The molecule has 2 N–H and O–H groups in total. The van der Waals surface area contributed by atoms with Crippen LogP contribution in [0.3, 0.4) is 0 Å². The number of rotatable bonds is 6. The maximum Gasteiger partial charge on any atom is 0.328 e. The van der Waals surface area contributed by atoms with Gasteiger partial charge in [-0.15, -0.1) is 11.3 Å². The highest BCUT2D eigenvalue weighted by molar-refractivity contribution is 7.14. The van der Waals surface area contributed by atoms with Gasteiger partial charge in [0.25, 0.3) is 5.91 Å². The molecule has 1 aromatic rings. The number of thiophene rings is 1. The maximum absolute atomic E-state index is 12.2. The smallest absolute Gasteiger partial charge is 0.328 e. The second-order valence-electron chi connectivity index (χ2n) is 4.57. The van der Waals surface area contributed by atoms with Crippen molar-refractivity contribution in [1.82, 2.24) is 10.2 Å². The third kappa shape index (κ3) is 5.03. The van der Waals surface area contributed by atoms with Crippen LogP contribution in [0.4, 0.5) is 0 Å². The number of carboxylic acid groups (broad SMARTS) is 1. The van der Waals surface area contributed by atoms with Crippen molar-refractivity contribution in [3.63, 3.8) is 0 Å². The molecule has 0 saturated carbocycles. The number of hydrogen-bond acceptors (Lipinski definition) is 4. The lowest BCUT2D eigenvalue weighted by molar-refractivity contribution is -0.131. The van der Waals surface area contributed by atoms with Crippen LogP contribution in [0.1, 0.15) is 21.5 Å². The van der Waals surface area contributed by atoms with Gasteiger partial charge in [-0.3, -0.25) is 9.59 Å². The lowest BCUT2D eigenvalue weighted by Gasteiger charge is -2.20. The van der Waals surface area contributed by atoms with Crippen LogP contribution in [0, 0.1) is 5.92 Å².